The molecule has 11 nitrogen and oxygen atoms in total. The SMILES string of the molecule is Cc1cnc(N2CCN(c3nc(N4CCCS4(=O)=O)c(N4CCN(c5ncc(C)cc5C)CC4)c(C)c3C=O)CC2)c(C)c1. The summed E-state index contributed by atoms with van der Waals surface area (Å²) in [6.07, 6.45) is 5.23. The molecule has 3 aliphatic heterocycles. The van der Waals surface area contributed by atoms with Crippen LogP contribution < -0.4 is 23.9 Å². The molecule has 0 N–H and O–H groups in total. The molecule has 3 aromatic rings. The van der Waals surface area contributed by atoms with Gasteiger partial charge in [0.15, 0.2) is 12.1 Å². The number of piperazine rings is 2. The summed E-state index contributed by atoms with van der Waals surface area (Å²) in [6, 6.07) is 4.29. The number of sulfonamides is 1. The highest BCUT2D eigenvalue weighted by atomic mass is 32.2. The number of nitrogens with zero attached hydrogens (tertiary/aromatic N) is 8. The average Bonchev–Trinajstić information content (AvgIpc) is 3.35. The van der Waals surface area contributed by atoms with Crippen LogP contribution in [0.2, 0.25) is 0 Å². The molecule has 0 spiro atoms. The molecule has 0 saturated carbocycles. The first kappa shape index (κ1) is 30.1. The smallest absolute Gasteiger partial charge is 0.236 e. The fraction of sp³-hybridized carbons (Fsp3) is 0.500. The van der Waals surface area contributed by atoms with Gasteiger partial charge in [0.25, 0.3) is 0 Å². The van der Waals surface area contributed by atoms with Gasteiger partial charge in [-0.15, -0.1) is 0 Å². The van der Waals surface area contributed by atoms with Crippen LogP contribution in [0.3, 0.4) is 0 Å². The number of carbonyl (C=O) groups excluding carboxylic acids is 1. The van der Waals surface area contributed by atoms with E-state index in [1.54, 1.807) is 0 Å². The van der Waals surface area contributed by atoms with Gasteiger partial charge in [-0.1, -0.05) is 12.1 Å². The van der Waals surface area contributed by atoms with Crippen LogP contribution in [0.5, 0.6) is 0 Å². The van der Waals surface area contributed by atoms with Crippen LogP contribution in [0.4, 0.5) is 29.0 Å². The van der Waals surface area contributed by atoms with Gasteiger partial charge in [-0.25, -0.2) is 23.4 Å². The third kappa shape index (κ3) is 5.55. The minimum absolute atomic E-state index is 0.103. The van der Waals surface area contributed by atoms with E-state index in [9.17, 15) is 13.2 Å². The maximum Gasteiger partial charge on any atom is 0.236 e. The Morgan fingerprint density at radius 1 is 0.659 bits per heavy atom. The summed E-state index contributed by atoms with van der Waals surface area (Å²) in [5.41, 5.74) is 6.59. The number of aryl methyl sites for hydroxylation is 4. The Balaban J connectivity index is 1.32. The summed E-state index contributed by atoms with van der Waals surface area (Å²) < 4.78 is 28.0. The minimum Gasteiger partial charge on any atom is -0.365 e. The van der Waals surface area contributed by atoms with Crippen LogP contribution in [-0.2, 0) is 10.0 Å². The van der Waals surface area contributed by atoms with Crippen molar-refractivity contribution in [2.75, 3.05) is 88.6 Å². The van der Waals surface area contributed by atoms with Crippen molar-refractivity contribution in [3.05, 3.63) is 57.9 Å². The lowest BCUT2D eigenvalue weighted by molar-refractivity contribution is 0.112. The van der Waals surface area contributed by atoms with Gasteiger partial charge in [-0.05, 0) is 68.9 Å². The van der Waals surface area contributed by atoms with Crippen molar-refractivity contribution in [2.24, 2.45) is 0 Å². The minimum atomic E-state index is -3.50. The van der Waals surface area contributed by atoms with Crippen molar-refractivity contribution in [3.8, 4) is 0 Å². The predicted octanol–water partition coefficient (Wildman–Crippen LogP) is 3.42. The van der Waals surface area contributed by atoms with Crippen molar-refractivity contribution in [2.45, 2.75) is 41.0 Å². The van der Waals surface area contributed by atoms with Gasteiger partial charge < -0.3 is 19.6 Å². The third-order valence-electron chi connectivity index (χ3n) is 9.03. The molecule has 6 rings (SSSR count). The Morgan fingerprint density at radius 3 is 1.57 bits per heavy atom. The fourth-order valence-electron chi connectivity index (χ4n) is 6.84. The van der Waals surface area contributed by atoms with Crippen LogP contribution in [0.15, 0.2) is 24.5 Å². The standard InChI is InChI=1S/C32H42N8O3S/c1-22-17-24(3)29(33-19-22)37-10-8-36(9-11-37)28-26(5)27(21-41)31(35-32(28)40-7-6-16-44(40,42)43)39-14-12-38(13-15-39)30-25(4)18-23(2)20-34-30/h17-21H,6-16H2,1-5H3. The van der Waals surface area contributed by atoms with Crippen molar-refractivity contribution in [1.82, 2.24) is 15.0 Å². The van der Waals surface area contributed by atoms with E-state index in [0.717, 1.165) is 77.6 Å². The Hall–Kier alpha value is -3.93. The molecule has 0 bridgehead atoms. The summed E-state index contributed by atoms with van der Waals surface area (Å²) >= 11 is 0. The Kier molecular flexibility index (Phi) is 8.12. The van der Waals surface area contributed by atoms with E-state index >= 15 is 0 Å². The van der Waals surface area contributed by atoms with Crippen molar-refractivity contribution < 1.29 is 13.2 Å². The molecule has 0 radical (unpaired) electrons. The Labute approximate surface area is 260 Å². The second kappa shape index (κ2) is 11.9. The van der Waals surface area contributed by atoms with Gasteiger partial charge >= 0.3 is 0 Å². The molecule has 234 valence electrons. The number of pyridine rings is 3. The summed E-state index contributed by atoms with van der Waals surface area (Å²) in [6.45, 7) is 16.1. The quantitative estimate of drug-likeness (QED) is 0.382. The number of aldehydes is 1. The molecule has 0 aromatic carbocycles. The molecule has 0 atom stereocenters. The first-order valence-corrected chi connectivity index (χ1v) is 17.0. The van der Waals surface area contributed by atoms with Crippen LogP contribution in [0, 0.1) is 34.6 Å². The van der Waals surface area contributed by atoms with E-state index in [-0.39, 0.29) is 5.75 Å². The number of rotatable bonds is 6. The molecular formula is C32H42N8O3S. The van der Waals surface area contributed by atoms with Crippen LogP contribution in [0.1, 0.15) is 44.6 Å². The number of hydrogen-bond acceptors (Lipinski definition) is 10. The number of carbonyl (C=O) groups is 1. The highest BCUT2D eigenvalue weighted by Crippen LogP contribution is 2.40. The number of aromatic nitrogens is 3. The first-order chi connectivity index (χ1) is 21.1. The summed E-state index contributed by atoms with van der Waals surface area (Å²) in [5.74, 6) is 3.06. The van der Waals surface area contributed by atoms with E-state index < -0.39 is 10.0 Å². The van der Waals surface area contributed by atoms with E-state index in [0.29, 0.717) is 56.3 Å². The lowest BCUT2D eigenvalue weighted by atomic mass is 10.1. The maximum absolute atomic E-state index is 13.3. The van der Waals surface area contributed by atoms with E-state index in [1.807, 2.05) is 33.2 Å². The molecule has 6 heterocycles. The van der Waals surface area contributed by atoms with Crippen molar-refractivity contribution >= 4 is 45.3 Å². The lowest BCUT2D eigenvalue weighted by Crippen LogP contribution is -2.49. The zero-order valence-corrected chi connectivity index (χ0v) is 27.2. The number of hydrogen-bond donors (Lipinski definition) is 0. The van der Waals surface area contributed by atoms with Gasteiger partial charge in [0.1, 0.15) is 17.5 Å². The molecule has 3 fully saturated rings. The van der Waals surface area contributed by atoms with Gasteiger partial charge in [0.2, 0.25) is 10.0 Å². The molecule has 3 aliphatic rings. The van der Waals surface area contributed by atoms with Gasteiger partial charge in [0.05, 0.1) is 17.0 Å². The normalized spacial score (nSPS) is 18.7. The summed E-state index contributed by atoms with van der Waals surface area (Å²) in [7, 11) is -3.50. The van der Waals surface area contributed by atoms with Gasteiger partial charge in [0, 0.05) is 71.3 Å². The number of anilines is 5. The van der Waals surface area contributed by atoms with E-state index in [4.69, 9.17) is 4.98 Å². The largest absolute Gasteiger partial charge is 0.365 e. The average molecular weight is 619 g/mol. The van der Waals surface area contributed by atoms with Crippen molar-refractivity contribution in [1.29, 1.82) is 0 Å². The molecule has 0 aliphatic carbocycles. The lowest BCUT2D eigenvalue weighted by Gasteiger charge is -2.41. The highest BCUT2D eigenvalue weighted by Gasteiger charge is 2.36. The van der Waals surface area contributed by atoms with Crippen LogP contribution >= 0.6 is 0 Å². The molecule has 0 unspecified atom stereocenters. The van der Waals surface area contributed by atoms with Gasteiger partial charge in [-0.3, -0.25) is 9.10 Å². The molecule has 3 aromatic heterocycles. The second-order valence-corrected chi connectivity index (χ2v) is 14.3. The molecule has 12 heteroatoms. The predicted molar refractivity (Wildman–Crippen MR) is 176 cm³/mol. The van der Waals surface area contributed by atoms with Crippen molar-refractivity contribution in [3.63, 3.8) is 0 Å². The molecule has 3 saturated heterocycles. The first-order valence-electron chi connectivity index (χ1n) is 15.4. The maximum atomic E-state index is 13.3. The topological polar surface area (TPSA) is 106 Å². The summed E-state index contributed by atoms with van der Waals surface area (Å²) in [4.78, 5) is 36.0. The monoisotopic (exact) mass is 618 g/mol. The van der Waals surface area contributed by atoms with Crippen LogP contribution in [-0.4, -0.2) is 94.3 Å². The Morgan fingerprint density at radius 2 is 1.14 bits per heavy atom. The molecule has 44 heavy (non-hydrogen) atoms. The van der Waals surface area contributed by atoms with E-state index in [1.165, 1.54) is 4.31 Å². The molecule has 0 amide bonds. The zero-order valence-electron chi connectivity index (χ0n) is 26.4. The summed E-state index contributed by atoms with van der Waals surface area (Å²) in [5, 5.41) is 0. The zero-order chi connectivity index (χ0) is 31.2. The fourth-order valence-corrected chi connectivity index (χ4v) is 8.35. The third-order valence-corrected chi connectivity index (χ3v) is 10.9. The van der Waals surface area contributed by atoms with E-state index in [2.05, 4.69) is 55.5 Å². The highest BCUT2D eigenvalue weighted by molar-refractivity contribution is 7.93. The second-order valence-electron chi connectivity index (χ2n) is 12.3. The molecular weight excluding hydrogens is 576 g/mol. The Bertz CT molecular complexity index is 1680. The van der Waals surface area contributed by atoms with Crippen LogP contribution in [0.25, 0.3) is 0 Å². The van der Waals surface area contributed by atoms with Gasteiger partial charge in [-0.2, -0.15) is 0 Å².